The number of hydrogen-bond donors (Lipinski definition) is 5. The third kappa shape index (κ3) is 7.44. The van der Waals surface area contributed by atoms with E-state index in [4.69, 9.17) is 16.3 Å². The van der Waals surface area contributed by atoms with E-state index in [-0.39, 0.29) is 11.9 Å². The molecule has 0 aromatic heterocycles. The lowest BCUT2D eigenvalue weighted by Gasteiger charge is -2.27. The zero-order valence-electron chi connectivity index (χ0n) is 19.7. The van der Waals surface area contributed by atoms with Crippen molar-refractivity contribution in [3.8, 4) is 11.1 Å². The zero-order valence-corrected chi connectivity index (χ0v) is 20.5. The van der Waals surface area contributed by atoms with Crippen molar-refractivity contribution in [3.05, 3.63) is 59.1 Å². The second-order valence-corrected chi connectivity index (χ2v) is 9.37. The molecule has 3 rings (SSSR count). The molecule has 182 valence electrons. The molecule has 9 nitrogen and oxygen atoms in total. The highest BCUT2D eigenvalue weighted by Crippen LogP contribution is 2.23. The van der Waals surface area contributed by atoms with Gasteiger partial charge < -0.3 is 4.74 Å². The molecule has 0 fully saturated rings. The van der Waals surface area contributed by atoms with E-state index in [0.717, 1.165) is 16.7 Å². The average molecular weight is 487 g/mol. The first-order chi connectivity index (χ1) is 16.1. The number of guanidine groups is 1. The number of amides is 1. The molecule has 1 heterocycles. The number of nitrogens with zero attached hydrogens (tertiary/aromatic N) is 1. The fourth-order valence-corrected chi connectivity index (χ4v) is 3.58. The standard InChI is InChI=1S/C24H31ClN6O3/c1-5-19(22(33)34-24(2,3)4)26-20(21(32)27-23-28-30-31-29-23)13-15-9-11-16(12-10-15)17-7-6-8-18(25)14-17/h6-12,14,19-20,26,30-31H,5,13H2,1-4H3,(H2,27,28,29,32)/t19-,20-/m0/s1. The van der Waals surface area contributed by atoms with Crippen LogP contribution in [0.5, 0.6) is 0 Å². The summed E-state index contributed by atoms with van der Waals surface area (Å²) in [6, 6.07) is 14.2. The van der Waals surface area contributed by atoms with Crippen molar-refractivity contribution in [1.29, 1.82) is 0 Å². The van der Waals surface area contributed by atoms with Crippen LogP contribution in [-0.4, -0.2) is 35.5 Å². The first-order valence-corrected chi connectivity index (χ1v) is 11.5. The number of halogens is 1. The lowest BCUT2D eigenvalue weighted by Crippen LogP contribution is -2.55. The van der Waals surface area contributed by atoms with Gasteiger partial charge in [0, 0.05) is 5.02 Å². The van der Waals surface area contributed by atoms with Crippen LogP contribution in [0.2, 0.25) is 5.02 Å². The summed E-state index contributed by atoms with van der Waals surface area (Å²) in [5.41, 5.74) is 10.1. The van der Waals surface area contributed by atoms with Gasteiger partial charge in [-0.2, -0.15) is 0 Å². The summed E-state index contributed by atoms with van der Waals surface area (Å²) in [4.78, 5) is 25.8. The number of ether oxygens (including phenoxy) is 1. The molecule has 2 aromatic rings. The van der Waals surface area contributed by atoms with Gasteiger partial charge in [0.15, 0.2) is 0 Å². The number of benzene rings is 2. The van der Waals surface area contributed by atoms with Crippen LogP contribution in [0.25, 0.3) is 11.1 Å². The number of carbonyl (C=O) groups is 2. The molecule has 2 atom stereocenters. The van der Waals surface area contributed by atoms with E-state index in [1.165, 1.54) is 0 Å². The quantitative estimate of drug-likeness (QED) is 0.364. The summed E-state index contributed by atoms with van der Waals surface area (Å²) in [6.45, 7) is 7.31. The van der Waals surface area contributed by atoms with Gasteiger partial charge in [0.1, 0.15) is 11.6 Å². The number of rotatable bonds is 8. The zero-order chi connectivity index (χ0) is 24.7. The maximum Gasteiger partial charge on any atom is 0.323 e. The molecule has 34 heavy (non-hydrogen) atoms. The fraction of sp³-hybridized carbons (Fsp3) is 0.375. The van der Waals surface area contributed by atoms with Gasteiger partial charge in [-0.3, -0.25) is 25.6 Å². The van der Waals surface area contributed by atoms with E-state index in [1.807, 2.05) is 76.2 Å². The monoisotopic (exact) mass is 486 g/mol. The number of hydrazine groups is 2. The van der Waals surface area contributed by atoms with Crippen molar-refractivity contribution in [2.24, 2.45) is 5.10 Å². The molecule has 0 aliphatic carbocycles. The van der Waals surface area contributed by atoms with E-state index in [0.29, 0.717) is 17.9 Å². The Hall–Kier alpha value is -3.14. The SMILES string of the molecule is CC[C@H](N[C@@H](Cc1ccc(-c2cccc(Cl)c2)cc1)C(=O)NC1=NNNN1)C(=O)OC(C)(C)C. The minimum atomic E-state index is -0.709. The number of hydrogen-bond acceptors (Lipinski definition) is 8. The second-order valence-electron chi connectivity index (χ2n) is 8.94. The minimum absolute atomic E-state index is 0.235. The molecule has 10 heteroatoms. The Morgan fingerprint density at radius 2 is 1.82 bits per heavy atom. The number of carbonyl (C=O) groups excluding carboxylic acids is 2. The lowest BCUT2D eigenvalue weighted by atomic mass is 9.99. The van der Waals surface area contributed by atoms with Crippen LogP contribution in [0.1, 0.15) is 39.7 Å². The highest BCUT2D eigenvalue weighted by molar-refractivity contribution is 6.30. The van der Waals surface area contributed by atoms with E-state index >= 15 is 0 Å². The summed E-state index contributed by atoms with van der Waals surface area (Å²) in [6.07, 6.45) is 0.823. The van der Waals surface area contributed by atoms with Crippen molar-refractivity contribution in [2.45, 2.75) is 58.2 Å². The second kappa shape index (κ2) is 11.3. The Kier molecular flexibility index (Phi) is 8.49. The van der Waals surface area contributed by atoms with E-state index in [9.17, 15) is 9.59 Å². The largest absolute Gasteiger partial charge is 0.459 e. The molecule has 0 radical (unpaired) electrons. The molecule has 0 spiro atoms. The highest BCUT2D eigenvalue weighted by atomic mass is 35.5. The van der Waals surface area contributed by atoms with Gasteiger partial charge >= 0.3 is 5.97 Å². The fourth-order valence-electron chi connectivity index (χ4n) is 3.39. The molecule has 1 amide bonds. The molecule has 1 aliphatic rings. The van der Waals surface area contributed by atoms with Crippen LogP contribution >= 0.6 is 11.6 Å². The van der Waals surface area contributed by atoms with Gasteiger partial charge in [-0.15, -0.1) is 10.6 Å². The number of nitrogens with one attached hydrogen (secondary N) is 5. The Morgan fingerprint density at radius 3 is 2.41 bits per heavy atom. The Labute approximate surface area is 204 Å². The van der Waals surface area contributed by atoms with Crippen LogP contribution in [0.3, 0.4) is 0 Å². The predicted molar refractivity (Wildman–Crippen MR) is 132 cm³/mol. The molecule has 0 saturated carbocycles. The normalized spacial score (nSPS) is 14.9. The van der Waals surface area contributed by atoms with Crippen molar-refractivity contribution in [1.82, 2.24) is 27.1 Å². The van der Waals surface area contributed by atoms with Crippen molar-refractivity contribution in [2.75, 3.05) is 0 Å². The summed E-state index contributed by atoms with van der Waals surface area (Å²) in [5, 5.41) is 10.4. The number of esters is 1. The Morgan fingerprint density at radius 1 is 1.09 bits per heavy atom. The average Bonchev–Trinajstić information content (AvgIpc) is 3.28. The van der Waals surface area contributed by atoms with Gasteiger partial charge in [-0.25, -0.2) is 5.53 Å². The first kappa shape index (κ1) is 25.5. The molecule has 2 aromatic carbocycles. The summed E-state index contributed by atoms with van der Waals surface area (Å²) in [5.74, 6) is -0.500. The van der Waals surface area contributed by atoms with Crippen molar-refractivity contribution < 1.29 is 14.3 Å². The maximum absolute atomic E-state index is 13.1. The van der Waals surface area contributed by atoms with E-state index in [2.05, 4.69) is 32.2 Å². The van der Waals surface area contributed by atoms with Crippen LogP contribution in [0.15, 0.2) is 53.6 Å². The number of hydrazone groups is 1. The molecule has 1 aliphatic heterocycles. The third-order valence-corrected chi connectivity index (χ3v) is 5.25. The van der Waals surface area contributed by atoms with Gasteiger partial charge in [-0.1, -0.05) is 54.9 Å². The van der Waals surface area contributed by atoms with E-state index in [1.54, 1.807) is 0 Å². The van der Waals surface area contributed by atoms with Crippen LogP contribution < -0.4 is 27.1 Å². The van der Waals surface area contributed by atoms with Crippen LogP contribution in [0, 0.1) is 0 Å². The topological polar surface area (TPSA) is 116 Å². The summed E-state index contributed by atoms with van der Waals surface area (Å²) < 4.78 is 5.53. The van der Waals surface area contributed by atoms with Crippen molar-refractivity contribution >= 4 is 29.4 Å². The predicted octanol–water partition coefficient (Wildman–Crippen LogP) is 2.63. The molecular weight excluding hydrogens is 456 g/mol. The first-order valence-electron chi connectivity index (χ1n) is 11.1. The summed E-state index contributed by atoms with van der Waals surface area (Å²) >= 11 is 6.11. The van der Waals surface area contributed by atoms with Crippen molar-refractivity contribution in [3.63, 3.8) is 0 Å². The lowest BCUT2D eigenvalue weighted by molar-refractivity contribution is -0.157. The third-order valence-electron chi connectivity index (χ3n) is 5.02. The van der Waals surface area contributed by atoms with Crippen LogP contribution in [-0.2, 0) is 20.7 Å². The minimum Gasteiger partial charge on any atom is -0.459 e. The molecule has 5 N–H and O–H groups in total. The Balaban J connectivity index is 1.77. The summed E-state index contributed by atoms with van der Waals surface area (Å²) in [7, 11) is 0. The van der Waals surface area contributed by atoms with Crippen LogP contribution in [0.4, 0.5) is 0 Å². The van der Waals surface area contributed by atoms with Gasteiger partial charge in [0.2, 0.25) is 11.9 Å². The molecule has 0 saturated heterocycles. The Bertz CT molecular complexity index is 1040. The molecule has 0 unspecified atom stereocenters. The van der Waals surface area contributed by atoms with Gasteiger partial charge in [-0.05, 0) is 62.4 Å². The smallest absolute Gasteiger partial charge is 0.323 e. The highest BCUT2D eigenvalue weighted by Gasteiger charge is 2.29. The maximum atomic E-state index is 13.1. The van der Waals surface area contributed by atoms with Gasteiger partial charge in [0.05, 0.1) is 6.04 Å². The van der Waals surface area contributed by atoms with E-state index < -0.39 is 23.7 Å². The van der Waals surface area contributed by atoms with Gasteiger partial charge in [0.25, 0.3) is 0 Å². The molecule has 0 bridgehead atoms. The molecular formula is C24H31ClN6O3.